The number of phenols is 1. The van der Waals surface area contributed by atoms with Crippen LogP contribution in [0.1, 0.15) is 87.7 Å². The maximum atomic E-state index is 14.7. The number of nitrogens with zero attached hydrogens (tertiary/aromatic N) is 4. The van der Waals surface area contributed by atoms with E-state index in [0.717, 1.165) is 55.7 Å². The molecule has 3 fully saturated rings. The number of ether oxygens (including phenoxy) is 1. The topological polar surface area (TPSA) is 490 Å². The van der Waals surface area contributed by atoms with Gasteiger partial charge in [0.05, 0.1) is 43.5 Å². The summed E-state index contributed by atoms with van der Waals surface area (Å²) in [5.41, 5.74) is 5.94. The molecule has 1 aromatic heterocycles. The van der Waals surface area contributed by atoms with Crippen LogP contribution in [0, 0.1) is 5.92 Å². The molecule has 0 aliphatic carbocycles. The summed E-state index contributed by atoms with van der Waals surface area (Å²) < 4.78 is 20.8. The zero-order valence-corrected chi connectivity index (χ0v) is 52.1. The van der Waals surface area contributed by atoms with Crippen LogP contribution in [-0.2, 0) is 42.9 Å². The molecule has 32 nitrogen and oxygen atoms in total. The van der Waals surface area contributed by atoms with Crippen LogP contribution in [0.15, 0.2) is 71.1 Å². The Balaban J connectivity index is 0.0000129. The fourth-order valence-electron chi connectivity index (χ4n) is 10.3. The van der Waals surface area contributed by atoms with E-state index in [1.807, 2.05) is 0 Å². The van der Waals surface area contributed by atoms with E-state index >= 15 is 0 Å². The third-order valence-electron chi connectivity index (χ3n) is 15.1. The van der Waals surface area contributed by atoms with Crippen molar-refractivity contribution in [1.82, 2.24) is 46.6 Å². The predicted molar refractivity (Wildman–Crippen MR) is 303 cm³/mol. The van der Waals surface area contributed by atoms with Gasteiger partial charge in [0, 0.05) is 55.1 Å². The van der Waals surface area contributed by atoms with Crippen LogP contribution in [0.2, 0.25) is 0 Å². The smallest absolute Gasteiger partial charge is 0.691 e. The average molecular weight is 1290 g/mol. The minimum absolute atomic E-state index is 0. The van der Waals surface area contributed by atoms with E-state index in [1.54, 1.807) is 24.3 Å². The molecule has 7 rings (SSSR count). The molecule has 3 saturated heterocycles. The van der Waals surface area contributed by atoms with E-state index in [4.69, 9.17) is 19.1 Å². The monoisotopic (exact) mass is 1290 g/mol. The maximum Gasteiger partial charge on any atom is 1.00 e. The van der Waals surface area contributed by atoms with Gasteiger partial charge in [0.2, 0.25) is 53.1 Å². The number of primary amides is 1. The number of nitrogens with two attached hydrogens (primary N) is 1. The molecule has 14 unspecified atom stereocenters. The number of rotatable bonds is 21. The second-order valence-corrected chi connectivity index (χ2v) is 22.2. The van der Waals surface area contributed by atoms with Gasteiger partial charge in [-0.3, -0.25) is 43.4 Å². The van der Waals surface area contributed by atoms with Crippen LogP contribution in [-0.4, -0.2) is 207 Å². The molecule has 484 valence electrons. The van der Waals surface area contributed by atoms with Crippen molar-refractivity contribution in [2.75, 3.05) is 26.2 Å². The predicted octanol–water partition coefficient (Wildman–Crippen LogP) is -6.45. The minimum Gasteiger partial charge on any atom is -0.691 e. The van der Waals surface area contributed by atoms with E-state index in [-0.39, 0.29) is 64.8 Å². The molecule has 0 spiro atoms. The zero-order valence-electron chi connectivity index (χ0n) is 49.3. The summed E-state index contributed by atoms with van der Waals surface area (Å²) in [6, 6.07) is 3.23. The van der Waals surface area contributed by atoms with E-state index < -0.39 is 183 Å². The molecule has 0 radical (unpaired) electrons. The Morgan fingerprint density at radius 3 is 2.07 bits per heavy atom. The number of unbranched alkanes of at least 4 members (excludes halogenated alkanes) is 3. The van der Waals surface area contributed by atoms with Crippen molar-refractivity contribution in [2.45, 2.75) is 145 Å². The number of β-amino-alcohol motifs (C(OH)–C–C–N with tert-alkyl or cyclic N) is 1. The number of aromatic nitrogens is 2. The molecular weight excluding hydrogens is 1220 g/mol. The van der Waals surface area contributed by atoms with Crippen molar-refractivity contribution in [3.8, 4) is 40.2 Å². The largest absolute Gasteiger partial charge is 1.00 e. The molecule has 4 heterocycles. The molecule has 90 heavy (non-hydrogen) atoms. The number of aliphatic hydroxyl groups excluding tert-OH is 7. The van der Waals surface area contributed by atoms with Crippen LogP contribution in [0.25, 0.3) is 22.9 Å². The van der Waals surface area contributed by atoms with Crippen LogP contribution in [0.5, 0.6) is 17.2 Å². The fourth-order valence-corrected chi connectivity index (χ4v) is 10.6. The first-order valence-electron chi connectivity index (χ1n) is 28.4. The molecule has 15 N–H and O–H groups in total. The first-order chi connectivity index (χ1) is 42.4. The number of amides is 8. The van der Waals surface area contributed by atoms with Gasteiger partial charge in [0.15, 0.2) is 11.5 Å². The maximum absolute atomic E-state index is 14.7. The van der Waals surface area contributed by atoms with E-state index in [1.165, 1.54) is 31.2 Å². The number of carbonyl (C=O) groups excluding carboxylic acids is 8. The summed E-state index contributed by atoms with van der Waals surface area (Å²) in [6.07, 6.45) is -12.0. The zero-order chi connectivity index (χ0) is 64.8. The Kier molecular flexibility index (Phi) is 26.6. The third kappa shape index (κ3) is 18.3. The van der Waals surface area contributed by atoms with Crippen LogP contribution >= 0.6 is 12.3 Å². The number of fused-ring (bicyclic) bond motifs is 2. The number of nitrogens with one attached hydrogen (secondary N) is 5. The quantitative estimate of drug-likeness (QED) is 0.0121. The first-order valence-corrected chi connectivity index (χ1v) is 29.0. The van der Waals surface area contributed by atoms with Gasteiger partial charge in [0.25, 0.3) is 18.2 Å². The van der Waals surface area contributed by atoms with Crippen LogP contribution in [0.3, 0.4) is 0 Å². The summed E-state index contributed by atoms with van der Waals surface area (Å²) in [6.45, 7) is 3.34. The SMILES string of the molecule is CCCCCCOc1ccc(-c2nnc(-c3ccc(C(=O)NC4CC(O)CNC(=O)C5C(O)C(C)CN5C(=O)C(C(O)CC(N)=O)NC(=O)C(C(O)C(O)c5ccc(O)c(OSOO[O-])c5)NC(=O)C5CC(O)CN5C(=O)C(C(C)O)NC4=O)cc3)o2)cc1.[Na+]. The molecule has 3 aromatic carbocycles. The van der Waals surface area contributed by atoms with Gasteiger partial charge in [-0.2, -0.15) is 0 Å². The number of hydrogen-bond acceptors (Lipinski definition) is 25. The molecule has 4 aromatic rings. The number of phenolic OH excluding ortho intramolecular Hbond substituents is 1. The van der Waals surface area contributed by atoms with Crippen LogP contribution in [0.4, 0.5) is 0 Å². The second-order valence-electron chi connectivity index (χ2n) is 21.8. The van der Waals surface area contributed by atoms with Gasteiger partial charge in [0.1, 0.15) is 54.2 Å². The van der Waals surface area contributed by atoms with Gasteiger partial charge in [-0.15, -0.1) is 14.5 Å². The number of aliphatic hydroxyl groups is 7. The number of carbonyl (C=O) groups is 8. The summed E-state index contributed by atoms with van der Waals surface area (Å²) in [7, 11) is 0. The molecule has 34 heteroatoms. The third-order valence-corrected chi connectivity index (χ3v) is 15.5. The number of hydrogen-bond donors (Lipinski definition) is 14. The van der Waals surface area contributed by atoms with Crippen LogP contribution < -0.4 is 76.1 Å². The summed E-state index contributed by atoms with van der Waals surface area (Å²) >= 11 is -0.0888. The Morgan fingerprint density at radius 1 is 0.800 bits per heavy atom. The van der Waals surface area contributed by atoms with Crippen molar-refractivity contribution >= 4 is 59.6 Å². The Morgan fingerprint density at radius 2 is 1.43 bits per heavy atom. The minimum atomic E-state index is -2.54. The van der Waals surface area contributed by atoms with E-state index in [0.29, 0.717) is 28.4 Å². The van der Waals surface area contributed by atoms with Crippen molar-refractivity contribution in [3.63, 3.8) is 0 Å². The second kappa shape index (κ2) is 33.3. The van der Waals surface area contributed by atoms with Gasteiger partial charge in [-0.25, -0.2) is 0 Å². The van der Waals surface area contributed by atoms with E-state index in [9.17, 15) is 84.5 Å². The van der Waals surface area contributed by atoms with Crippen molar-refractivity contribution in [2.24, 2.45) is 11.7 Å². The molecule has 0 bridgehead atoms. The number of benzene rings is 3. The molecule has 14 atom stereocenters. The van der Waals surface area contributed by atoms with Crippen molar-refractivity contribution in [1.29, 1.82) is 0 Å². The molecular formula is C56H71N10NaO22S. The summed E-state index contributed by atoms with van der Waals surface area (Å²) in [4.78, 5) is 115. The Bertz CT molecular complexity index is 3130. The fraction of sp³-hybridized carbons (Fsp3) is 0.500. The van der Waals surface area contributed by atoms with E-state index in [2.05, 4.69) is 53.1 Å². The number of aromatic hydroxyl groups is 1. The Labute approximate surface area is 540 Å². The Hall–Kier alpha value is -7.09. The molecule has 0 saturated carbocycles. The van der Waals surface area contributed by atoms with Gasteiger partial charge in [-0.05, 0) is 79.6 Å². The van der Waals surface area contributed by atoms with Gasteiger partial charge in [-0.1, -0.05) is 39.2 Å². The molecule has 3 aliphatic heterocycles. The summed E-state index contributed by atoms with van der Waals surface area (Å²) in [5, 5.41) is 124. The first kappa shape index (κ1) is 72.0. The average Bonchev–Trinajstić information content (AvgIpc) is 2.25. The standard InChI is InChI=1S/C56H72N10O22S.Na/c1-4-5-6-7-18-84-34-15-12-30(13-16-34)54-64-63-53(85-54)29-10-8-28(9-11-29)48(76)59-35-20-32(68)23-58-52(80)44-45(73)26(2)24-66(44)56(82)42(38(71)22-40(57)72)61-51(79)43(47(75)46(74)31-14-17-37(70)39(19-31)86-89-88-87-83)62-50(78)36-21-33(69)25-65(36)55(81)41(27(3)67)60-49(35)77;/h8-17,19,26-27,32-33,35-36,38,41-47,67-71,73-75,83H,4-7,18,20-25H2,1-3H3,(H2,57,72)(H,58,80)(H,59,76)(H,60,77)(H,61,79)(H,62,78);/q;+1/p-1. The van der Waals surface area contributed by atoms with Gasteiger partial charge < -0.3 is 102 Å². The molecule has 3 aliphatic rings. The molecule has 8 amide bonds. The summed E-state index contributed by atoms with van der Waals surface area (Å²) in [5.74, 6) is -11.2. The van der Waals surface area contributed by atoms with Gasteiger partial charge >= 0.3 is 29.6 Å². The normalized spacial score (nSPS) is 25.1. The van der Waals surface area contributed by atoms with Crippen molar-refractivity contribution in [3.05, 3.63) is 77.9 Å². The van der Waals surface area contributed by atoms with Crippen molar-refractivity contribution < 1.29 is 137 Å².